The first kappa shape index (κ1) is 15.4. The summed E-state index contributed by atoms with van der Waals surface area (Å²) in [7, 11) is 0. The number of urea groups is 1. The van der Waals surface area contributed by atoms with Gasteiger partial charge in [0.2, 0.25) is 0 Å². The average molecular weight is 282 g/mol. The Bertz CT molecular complexity index is 412. The Morgan fingerprint density at radius 3 is 2.58 bits per heavy atom. The van der Waals surface area contributed by atoms with Crippen LogP contribution in [0.3, 0.4) is 0 Å². The number of carboxylic acids is 1. The molecule has 0 aliphatic rings. The van der Waals surface area contributed by atoms with Gasteiger partial charge >= 0.3 is 12.0 Å². The monoisotopic (exact) mass is 282 g/mol. The van der Waals surface area contributed by atoms with Crippen molar-refractivity contribution in [2.24, 2.45) is 0 Å². The highest BCUT2D eigenvalue weighted by Gasteiger charge is 2.18. The van der Waals surface area contributed by atoms with Crippen LogP contribution < -0.4 is 10.6 Å². The van der Waals surface area contributed by atoms with Crippen molar-refractivity contribution in [1.29, 1.82) is 0 Å². The number of amides is 2. The molecule has 5 nitrogen and oxygen atoms in total. The molecule has 0 bridgehead atoms. The number of hydrogen-bond donors (Lipinski definition) is 3. The second-order valence-electron chi connectivity index (χ2n) is 3.98. The van der Waals surface area contributed by atoms with Crippen LogP contribution in [-0.4, -0.2) is 35.2 Å². The Labute approximate surface area is 116 Å². The quantitative estimate of drug-likeness (QED) is 0.711. The summed E-state index contributed by atoms with van der Waals surface area (Å²) in [6.45, 7) is 0.377. The van der Waals surface area contributed by atoms with Crippen LogP contribution >= 0.6 is 11.8 Å². The van der Waals surface area contributed by atoms with Crippen molar-refractivity contribution < 1.29 is 14.7 Å². The highest BCUT2D eigenvalue weighted by atomic mass is 32.2. The number of nitrogens with one attached hydrogen (secondary N) is 2. The van der Waals surface area contributed by atoms with Crippen LogP contribution in [0.5, 0.6) is 0 Å². The molecule has 1 atom stereocenters. The van der Waals surface area contributed by atoms with E-state index in [0.29, 0.717) is 18.7 Å². The standard InChI is InChI=1S/C13H18N2O3S/c1-19-8-7-11(12(16)17)15-13(18)14-9-10-5-3-2-4-6-10/h2-6,11H,7-9H2,1H3,(H,16,17)(H2,14,15,18)/t11-/m1/s1. The van der Waals surface area contributed by atoms with E-state index < -0.39 is 18.0 Å². The lowest BCUT2D eigenvalue weighted by atomic mass is 10.2. The minimum atomic E-state index is -1.01. The molecule has 0 aliphatic heterocycles. The van der Waals surface area contributed by atoms with E-state index in [2.05, 4.69) is 10.6 Å². The van der Waals surface area contributed by atoms with Gasteiger partial charge in [0.25, 0.3) is 0 Å². The molecule has 19 heavy (non-hydrogen) atoms. The smallest absolute Gasteiger partial charge is 0.326 e. The summed E-state index contributed by atoms with van der Waals surface area (Å²) in [5.74, 6) is -0.320. The first-order valence-corrected chi connectivity index (χ1v) is 7.33. The van der Waals surface area contributed by atoms with Gasteiger partial charge in [-0.15, -0.1) is 0 Å². The Balaban J connectivity index is 2.38. The van der Waals surface area contributed by atoms with Gasteiger partial charge in [0.15, 0.2) is 0 Å². The van der Waals surface area contributed by atoms with Gasteiger partial charge in [0, 0.05) is 6.54 Å². The van der Waals surface area contributed by atoms with E-state index in [0.717, 1.165) is 5.56 Å². The van der Waals surface area contributed by atoms with Crippen molar-refractivity contribution in [3.63, 3.8) is 0 Å². The highest BCUT2D eigenvalue weighted by molar-refractivity contribution is 7.98. The number of benzene rings is 1. The van der Waals surface area contributed by atoms with Crippen molar-refractivity contribution in [1.82, 2.24) is 10.6 Å². The first-order chi connectivity index (χ1) is 9.13. The van der Waals surface area contributed by atoms with Crippen LogP contribution in [-0.2, 0) is 11.3 Å². The molecule has 0 saturated carbocycles. The van der Waals surface area contributed by atoms with Crippen LogP contribution in [0, 0.1) is 0 Å². The molecule has 0 radical (unpaired) electrons. The minimum Gasteiger partial charge on any atom is -0.480 e. The molecule has 1 rings (SSSR count). The Hall–Kier alpha value is -1.69. The predicted octanol–water partition coefficient (Wildman–Crippen LogP) is 1.69. The summed E-state index contributed by atoms with van der Waals surface area (Å²) in [6.07, 6.45) is 2.31. The molecule has 0 fully saturated rings. The summed E-state index contributed by atoms with van der Waals surface area (Å²) in [4.78, 5) is 22.6. The van der Waals surface area contributed by atoms with Crippen molar-refractivity contribution >= 4 is 23.8 Å². The first-order valence-electron chi connectivity index (χ1n) is 5.93. The lowest BCUT2D eigenvalue weighted by molar-refractivity contribution is -0.139. The molecule has 0 saturated heterocycles. The normalized spacial score (nSPS) is 11.6. The van der Waals surface area contributed by atoms with Gasteiger partial charge in [-0.2, -0.15) is 11.8 Å². The van der Waals surface area contributed by atoms with Crippen LogP contribution in [0.15, 0.2) is 30.3 Å². The van der Waals surface area contributed by atoms with Gasteiger partial charge in [-0.1, -0.05) is 30.3 Å². The molecule has 0 aliphatic carbocycles. The Morgan fingerprint density at radius 2 is 2.00 bits per heavy atom. The van der Waals surface area contributed by atoms with Gasteiger partial charge in [-0.3, -0.25) is 0 Å². The molecule has 3 N–H and O–H groups in total. The van der Waals surface area contributed by atoms with Crippen LogP contribution in [0.2, 0.25) is 0 Å². The van der Waals surface area contributed by atoms with Gasteiger partial charge in [-0.05, 0) is 24.0 Å². The number of carbonyl (C=O) groups is 2. The maximum absolute atomic E-state index is 11.6. The van der Waals surface area contributed by atoms with E-state index in [-0.39, 0.29) is 0 Å². The third kappa shape index (κ3) is 6.15. The van der Waals surface area contributed by atoms with Crippen molar-refractivity contribution in [2.75, 3.05) is 12.0 Å². The van der Waals surface area contributed by atoms with E-state index in [9.17, 15) is 9.59 Å². The molecule has 0 spiro atoms. The number of carboxylic acid groups (broad SMARTS) is 1. The molecule has 0 unspecified atom stereocenters. The number of rotatable bonds is 7. The highest BCUT2D eigenvalue weighted by Crippen LogP contribution is 2.01. The molecular formula is C13H18N2O3S. The molecule has 104 valence electrons. The van der Waals surface area contributed by atoms with Crippen molar-refractivity contribution in [3.8, 4) is 0 Å². The Kier molecular flexibility index (Phi) is 6.81. The molecule has 0 aromatic heterocycles. The number of hydrogen-bond acceptors (Lipinski definition) is 3. The molecule has 2 amide bonds. The minimum absolute atomic E-state index is 0.377. The van der Waals surface area contributed by atoms with Gasteiger partial charge < -0.3 is 15.7 Å². The maximum Gasteiger partial charge on any atom is 0.326 e. The molecule has 0 heterocycles. The average Bonchev–Trinajstić information content (AvgIpc) is 2.42. The fraction of sp³-hybridized carbons (Fsp3) is 0.385. The van der Waals surface area contributed by atoms with E-state index in [1.54, 1.807) is 11.8 Å². The number of thioether (sulfide) groups is 1. The van der Waals surface area contributed by atoms with E-state index in [1.807, 2.05) is 36.6 Å². The summed E-state index contributed by atoms with van der Waals surface area (Å²) >= 11 is 1.55. The zero-order chi connectivity index (χ0) is 14.1. The largest absolute Gasteiger partial charge is 0.480 e. The van der Waals surface area contributed by atoms with Crippen LogP contribution in [0.1, 0.15) is 12.0 Å². The lowest BCUT2D eigenvalue weighted by Gasteiger charge is -2.14. The molecule has 6 heteroatoms. The zero-order valence-corrected chi connectivity index (χ0v) is 11.6. The van der Waals surface area contributed by atoms with Crippen LogP contribution in [0.25, 0.3) is 0 Å². The number of aliphatic carboxylic acids is 1. The van der Waals surface area contributed by atoms with E-state index in [1.165, 1.54) is 0 Å². The zero-order valence-electron chi connectivity index (χ0n) is 10.8. The SMILES string of the molecule is CSCC[C@@H](NC(=O)NCc1ccccc1)C(=O)O. The van der Waals surface area contributed by atoms with Crippen molar-refractivity contribution in [3.05, 3.63) is 35.9 Å². The fourth-order valence-corrected chi connectivity index (χ4v) is 1.95. The predicted molar refractivity (Wildman–Crippen MR) is 76.2 cm³/mol. The topological polar surface area (TPSA) is 78.4 Å². The van der Waals surface area contributed by atoms with E-state index >= 15 is 0 Å². The van der Waals surface area contributed by atoms with Gasteiger partial charge in [0.05, 0.1) is 0 Å². The fourth-order valence-electron chi connectivity index (χ4n) is 1.48. The Morgan fingerprint density at radius 1 is 1.32 bits per heavy atom. The van der Waals surface area contributed by atoms with E-state index in [4.69, 9.17) is 5.11 Å². The van der Waals surface area contributed by atoms with Crippen molar-refractivity contribution in [2.45, 2.75) is 19.0 Å². The lowest BCUT2D eigenvalue weighted by Crippen LogP contribution is -2.46. The number of carbonyl (C=O) groups excluding carboxylic acids is 1. The van der Waals surface area contributed by atoms with Gasteiger partial charge in [0.1, 0.15) is 6.04 Å². The molecule has 1 aromatic rings. The maximum atomic E-state index is 11.6. The summed E-state index contributed by atoms with van der Waals surface area (Å²) < 4.78 is 0. The second kappa shape index (κ2) is 8.42. The summed E-state index contributed by atoms with van der Waals surface area (Å²) in [6, 6.07) is 8.14. The summed E-state index contributed by atoms with van der Waals surface area (Å²) in [5, 5.41) is 14.1. The molecular weight excluding hydrogens is 264 g/mol. The van der Waals surface area contributed by atoms with Crippen LogP contribution in [0.4, 0.5) is 4.79 Å². The molecule has 1 aromatic carbocycles. The second-order valence-corrected chi connectivity index (χ2v) is 4.97. The summed E-state index contributed by atoms with van der Waals surface area (Å²) in [5.41, 5.74) is 0.966. The third-order valence-electron chi connectivity index (χ3n) is 2.51. The third-order valence-corrected chi connectivity index (χ3v) is 3.15. The van der Waals surface area contributed by atoms with Gasteiger partial charge in [-0.25, -0.2) is 9.59 Å².